The van der Waals surface area contributed by atoms with Crippen molar-refractivity contribution in [1.82, 2.24) is 5.32 Å². The second-order valence-corrected chi connectivity index (χ2v) is 6.40. The topological polar surface area (TPSA) is 12.0 Å². The first-order valence-corrected chi connectivity index (χ1v) is 7.96. The van der Waals surface area contributed by atoms with E-state index >= 15 is 0 Å². The minimum Gasteiger partial charge on any atom is -0.316 e. The van der Waals surface area contributed by atoms with Crippen molar-refractivity contribution in [3.05, 3.63) is 68.9 Å². The van der Waals surface area contributed by atoms with E-state index in [4.69, 9.17) is 0 Å². The molecule has 1 nitrogen and oxygen atoms in total. The summed E-state index contributed by atoms with van der Waals surface area (Å²) < 4.78 is 14.2. The average Bonchev–Trinajstić information content (AvgIpc) is 2.42. The minimum atomic E-state index is -0.200. The van der Waals surface area contributed by atoms with Crippen molar-refractivity contribution in [2.45, 2.75) is 32.7 Å². The van der Waals surface area contributed by atoms with Crippen molar-refractivity contribution in [2.24, 2.45) is 0 Å². The van der Waals surface area contributed by atoms with Crippen LogP contribution in [0.15, 0.2) is 40.9 Å². The highest BCUT2D eigenvalue weighted by Gasteiger charge is 2.13. The van der Waals surface area contributed by atoms with Crippen molar-refractivity contribution in [1.29, 1.82) is 0 Å². The highest BCUT2D eigenvalue weighted by Crippen LogP contribution is 2.22. The van der Waals surface area contributed by atoms with Gasteiger partial charge >= 0.3 is 0 Å². The molecule has 0 aliphatic heterocycles. The molecule has 0 radical (unpaired) electrons. The average molecular weight is 350 g/mol. The molecule has 0 bridgehead atoms. The van der Waals surface area contributed by atoms with Gasteiger partial charge in [0.2, 0.25) is 0 Å². The quantitative estimate of drug-likeness (QED) is 0.832. The predicted molar refractivity (Wildman–Crippen MR) is 90.3 cm³/mol. The summed E-state index contributed by atoms with van der Waals surface area (Å²) in [5, 5.41) is 3.34. The summed E-state index contributed by atoms with van der Waals surface area (Å²) in [5.74, 6) is -0.200. The molecule has 0 amide bonds. The number of likely N-dealkylation sites (N-methyl/N-ethyl adjacent to an activating group) is 1. The number of benzene rings is 2. The number of nitrogens with one attached hydrogen (secondary N) is 1. The fourth-order valence-corrected chi connectivity index (χ4v) is 3.15. The summed E-state index contributed by atoms with van der Waals surface area (Å²) in [6.45, 7) is 4.24. The zero-order valence-corrected chi connectivity index (χ0v) is 14.3. The highest BCUT2D eigenvalue weighted by atomic mass is 79.9. The number of hydrogen-bond acceptors (Lipinski definition) is 1. The summed E-state index contributed by atoms with van der Waals surface area (Å²) in [5.41, 5.74) is 4.89. The van der Waals surface area contributed by atoms with Gasteiger partial charge < -0.3 is 5.32 Å². The molecule has 3 heteroatoms. The van der Waals surface area contributed by atoms with Crippen molar-refractivity contribution in [3.63, 3.8) is 0 Å². The Labute approximate surface area is 134 Å². The van der Waals surface area contributed by atoms with E-state index in [0.29, 0.717) is 4.47 Å². The third-order valence-electron chi connectivity index (χ3n) is 3.67. The van der Waals surface area contributed by atoms with Gasteiger partial charge in [-0.15, -0.1) is 0 Å². The van der Waals surface area contributed by atoms with Crippen LogP contribution in [0.1, 0.15) is 22.3 Å². The number of halogens is 2. The molecule has 1 unspecified atom stereocenters. The second-order valence-electron chi connectivity index (χ2n) is 5.60. The van der Waals surface area contributed by atoms with Crippen LogP contribution >= 0.6 is 15.9 Å². The van der Waals surface area contributed by atoms with Gasteiger partial charge in [0.1, 0.15) is 5.82 Å². The lowest BCUT2D eigenvalue weighted by Gasteiger charge is -2.18. The maximum Gasteiger partial charge on any atom is 0.137 e. The number of hydrogen-bond donors (Lipinski definition) is 1. The van der Waals surface area contributed by atoms with Crippen LogP contribution in [0, 0.1) is 19.7 Å². The third-order valence-corrected chi connectivity index (χ3v) is 4.56. The Balaban J connectivity index is 2.15. The van der Waals surface area contributed by atoms with Crippen LogP contribution in [0.25, 0.3) is 0 Å². The first kappa shape index (κ1) is 16.2. The largest absolute Gasteiger partial charge is 0.316 e. The maximum absolute atomic E-state index is 13.6. The lowest BCUT2D eigenvalue weighted by molar-refractivity contribution is 0.550. The Hall–Kier alpha value is -1.19. The molecule has 0 saturated heterocycles. The van der Waals surface area contributed by atoms with Gasteiger partial charge in [-0.2, -0.15) is 0 Å². The molecule has 0 saturated carbocycles. The summed E-state index contributed by atoms with van der Waals surface area (Å²) in [7, 11) is 1.96. The predicted octanol–water partition coefficient (Wildman–Crippen LogP) is 4.58. The highest BCUT2D eigenvalue weighted by molar-refractivity contribution is 9.10. The maximum atomic E-state index is 13.6. The molecule has 1 atom stereocenters. The molecule has 2 aromatic rings. The fourth-order valence-electron chi connectivity index (χ4n) is 2.72. The zero-order valence-electron chi connectivity index (χ0n) is 12.7. The van der Waals surface area contributed by atoms with Crippen molar-refractivity contribution in [3.8, 4) is 0 Å². The van der Waals surface area contributed by atoms with Gasteiger partial charge in [-0.1, -0.05) is 41.5 Å². The molecule has 2 aromatic carbocycles. The molecule has 1 N–H and O–H groups in total. The van der Waals surface area contributed by atoms with E-state index in [1.54, 1.807) is 6.07 Å². The van der Waals surface area contributed by atoms with Gasteiger partial charge in [0.15, 0.2) is 0 Å². The monoisotopic (exact) mass is 349 g/mol. The smallest absolute Gasteiger partial charge is 0.137 e. The van der Waals surface area contributed by atoms with Crippen LogP contribution in [0.4, 0.5) is 4.39 Å². The van der Waals surface area contributed by atoms with E-state index in [9.17, 15) is 4.39 Å². The van der Waals surface area contributed by atoms with Crippen LogP contribution < -0.4 is 5.32 Å². The molecule has 0 aliphatic carbocycles. The Kier molecular flexibility index (Phi) is 5.54. The summed E-state index contributed by atoms with van der Waals surface area (Å²) in [6.07, 6.45) is 1.73. The van der Waals surface area contributed by atoms with Crippen molar-refractivity contribution in [2.75, 3.05) is 7.05 Å². The van der Waals surface area contributed by atoms with E-state index in [0.717, 1.165) is 18.4 Å². The summed E-state index contributed by atoms with van der Waals surface area (Å²) in [6, 6.07) is 12.1. The minimum absolute atomic E-state index is 0.200. The molecule has 2 rings (SSSR count). The standard InChI is InChI=1S/C18H21BrFN/c1-12-7-13(2)9-14(8-12)10-16(21-3)11-15-5-4-6-17(20)18(15)19/h4-9,16,21H,10-11H2,1-3H3. The Morgan fingerprint density at radius 1 is 1.10 bits per heavy atom. The SMILES string of the molecule is CNC(Cc1cc(C)cc(C)c1)Cc1cccc(F)c1Br. The summed E-state index contributed by atoms with van der Waals surface area (Å²) in [4.78, 5) is 0. The van der Waals surface area contributed by atoms with Crippen LogP contribution in [-0.2, 0) is 12.8 Å². The van der Waals surface area contributed by atoms with Crippen LogP contribution in [0.2, 0.25) is 0 Å². The zero-order chi connectivity index (χ0) is 15.4. The van der Waals surface area contributed by atoms with Gasteiger partial charge in [0.05, 0.1) is 4.47 Å². The number of rotatable bonds is 5. The first-order chi connectivity index (χ1) is 9.99. The molecule has 0 heterocycles. The van der Waals surface area contributed by atoms with Gasteiger partial charge in [-0.05, 0) is 66.9 Å². The molecule has 0 aliphatic rings. The van der Waals surface area contributed by atoms with Gasteiger partial charge in [0.25, 0.3) is 0 Å². The Bertz CT molecular complexity index is 604. The second kappa shape index (κ2) is 7.19. The van der Waals surface area contributed by atoms with E-state index in [2.05, 4.69) is 53.3 Å². The molecule has 0 aromatic heterocycles. The van der Waals surface area contributed by atoms with E-state index in [-0.39, 0.29) is 11.9 Å². The lowest BCUT2D eigenvalue weighted by Crippen LogP contribution is -2.30. The van der Waals surface area contributed by atoms with E-state index in [1.165, 1.54) is 22.8 Å². The molecule has 0 spiro atoms. The van der Waals surface area contributed by atoms with E-state index in [1.807, 2.05) is 13.1 Å². The van der Waals surface area contributed by atoms with Crippen LogP contribution in [0.3, 0.4) is 0 Å². The van der Waals surface area contributed by atoms with Crippen molar-refractivity contribution < 1.29 is 4.39 Å². The Morgan fingerprint density at radius 2 is 1.76 bits per heavy atom. The molecular weight excluding hydrogens is 329 g/mol. The molecule has 0 fully saturated rings. The molecule has 21 heavy (non-hydrogen) atoms. The molecule has 112 valence electrons. The first-order valence-electron chi connectivity index (χ1n) is 7.17. The van der Waals surface area contributed by atoms with Crippen molar-refractivity contribution >= 4 is 15.9 Å². The number of aryl methyl sites for hydroxylation is 2. The summed E-state index contributed by atoms with van der Waals surface area (Å²) >= 11 is 3.34. The molecular formula is C18H21BrFN. The Morgan fingerprint density at radius 3 is 2.38 bits per heavy atom. The van der Waals surface area contributed by atoms with Gasteiger partial charge in [-0.25, -0.2) is 4.39 Å². The third kappa shape index (κ3) is 4.39. The van der Waals surface area contributed by atoms with Gasteiger partial charge in [0, 0.05) is 6.04 Å². The van der Waals surface area contributed by atoms with Crippen LogP contribution in [-0.4, -0.2) is 13.1 Å². The van der Waals surface area contributed by atoms with Gasteiger partial charge in [-0.3, -0.25) is 0 Å². The lowest BCUT2D eigenvalue weighted by atomic mass is 9.97. The fraction of sp³-hybridized carbons (Fsp3) is 0.333. The van der Waals surface area contributed by atoms with Crippen LogP contribution in [0.5, 0.6) is 0 Å². The normalized spacial score (nSPS) is 12.4. The van der Waals surface area contributed by atoms with E-state index < -0.39 is 0 Å².